The van der Waals surface area contributed by atoms with Crippen LogP contribution in [0.5, 0.6) is 0 Å². The molecule has 2 rings (SSSR count). The Bertz CT molecular complexity index is 942. The molecule has 0 bridgehead atoms. The van der Waals surface area contributed by atoms with Crippen molar-refractivity contribution >= 4 is 36.7 Å². The molecule has 0 atom stereocenters. The summed E-state index contributed by atoms with van der Waals surface area (Å²) < 4.78 is 12.4. The molecule has 0 spiro atoms. The Labute approximate surface area is 220 Å². The van der Waals surface area contributed by atoms with E-state index in [1.807, 2.05) is 0 Å². The normalized spacial score (nSPS) is 9.53. The summed E-state index contributed by atoms with van der Waals surface area (Å²) in [5, 5.41) is 22.8. The number of carbonyl (C=O) groups excluding carboxylic acids is 2. The van der Waals surface area contributed by atoms with Crippen LogP contribution in [-0.2, 0) is 23.6 Å². The number of hydrogen-bond acceptors (Lipinski definition) is 10. The second-order valence-corrected chi connectivity index (χ2v) is 7.37. The fourth-order valence-corrected chi connectivity index (χ4v) is 2.16. The summed E-state index contributed by atoms with van der Waals surface area (Å²) in [6.45, 7) is 6.75. The van der Waals surface area contributed by atoms with Gasteiger partial charge in [0.2, 0.25) is 11.6 Å². The summed E-state index contributed by atoms with van der Waals surface area (Å²) >= 11 is 0. The number of aromatic nitrogens is 4. The van der Waals surface area contributed by atoms with Gasteiger partial charge in [0.15, 0.2) is 5.82 Å². The van der Waals surface area contributed by atoms with Crippen molar-refractivity contribution in [3.8, 4) is 0 Å². The van der Waals surface area contributed by atoms with E-state index in [0.717, 1.165) is 0 Å². The number of carboxylic acid groups (broad SMARTS) is 1. The number of carbonyl (C=O) groups is 3. The number of nitrogens with zero attached hydrogens (tertiary/aromatic N) is 4. The first-order chi connectivity index (χ1) is 14.2. The van der Waals surface area contributed by atoms with Crippen LogP contribution in [0.15, 0.2) is 12.4 Å². The number of anilines is 2. The molecule has 0 saturated heterocycles. The SMILES string of the molecule is C.COC(=O)c1nc(NB(C)O)cn1C.Cn1cc(NC(=O)OC(C)(C)C)nc1C(=O)O.[Na+].[OH-]. The molecule has 1 amide bonds. The van der Waals surface area contributed by atoms with E-state index >= 15 is 0 Å². The Kier molecular flexibility index (Phi) is 16.2. The van der Waals surface area contributed by atoms with E-state index in [0.29, 0.717) is 5.82 Å². The van der Waals surface area contributed by atoms with E-state index < -0.39 is 30.7 Å². The molecule has 0 unspecified atom stereocenters. The van der Waals surface area contributed by atoms with Gasteiger partial charge in [0, 0.05) is 26.5 Å². The molecule has 34 heavy (non-hydrogen) atoms. The number of rotatable bonds is 5. The predicted octanol–water partition coefficient (Wildman–Crippen LogP) is -1.34. The Morgan fingerprint density at radius 1 is 1.06 bits per heavy atom. The average molecular weight is 494 g/mol. The van der Waals surface area contributed by atoms with Gasteiger partial charge < -0.3 is 39.4 Å². The smallest absolute Gasteiger partial charge is 0.870 e. The molecular formula is C18H32BN6NaO8. The first-order valence-corrected chi connectivity index (χ1v) is 9.06. The summed E-state index contributed by atoms with van der Waals surface area (Å²) in [4.78, 5) is 40.9. The number of aromatic carboxylic acids is 1. The van der Waals surface area contributed by atoms with Crippen molar-refractivity contribution in [2.24, 2.45) is 14.1 Å². The zero-order valence-electron chi connectivity index (χ0n) is 19.9. The monoisotopic (exact) mass is 494 g/mol. The summed E-state index contributed by atoms with van der Waals surface area (Å²) in [7, 11) is 3.78. The standard InChI is InChI=1S/C10H15N3O4.C7H12BN3O3.CH4.Na.H2O/c1-10(2,3)17-9(16)12-6-5-13(4)7(11-6)8(14)15;1-8(13)10-5-4-11(2)6(9-5)7(12)14-3;;;/h5H,1-4H3,(H,12,16)(H,14,15);4,10,13H,1-3H3;1H4;;1H2/q;;;+1;/p-1. The molecule has 186 valence electrons. The fraction of sp³-hybridized carbons (Fsp3) is 0.500. The first kappa shape index (κ1) is 36.0. The van der Waals surface area contributed by atoms with E-state index in [9.17, 15) is 14.4 Å². The van der Waals surface area contributed by atoms with Gasteiger partial charge in [-0.2, -0.15) is 0 Å². The number of ether oxygens (including phenoxy) is 2. The van der Waals surface area contributed by atoms with Gasteiger partial charge >= 0.3 is 54.6 Å². The number of nitrogens with one attached hydrogen (secondary N) is 2. The number of imidazole rings is 2. The minimum Gasteiger partial charge on any atom is -0.870 e. The van der Waals surface area contributed by atoms with Crippen molar-refractivity contribution in [2.75, 3.05) is 17.7 Å². The van der Waals surface area contributed by atoms with Crippen molar-refractivity contribution in [3.05, 3.63) is 24.0 Å². The molecule has 2 aromatic rings. The van der Waals surface area contributed by atoms with E-state index in [-0.39, 0.29) is 59.9 Å². The minimum absolute atomic E-state index is 0. The molecule has 2 heterocycles. The predicted molar refractivity (Wildman–Crippen MR) is 121 cm³/mol. The van der Waals surface area contributed by atoms with E-state index in [1.165, 1.54) is 29.5 Å². The Morgan fingerprint density at radius 3 is 1.94 bits per heavy atom. The van der Waals surface area contributed by atoms with Crippen molar-refractivity contribution in [1.29, 1.82) is 0 Å². The van der Waals surface area contributed by atoms with Gasteiger partial charge in [-0.15, -0.1) is 0 Å². The maximum atomic E-state index is 11.4. The Morgan fingerprint density at radius 2 is 1.53 bits per heavy atom. The number of aryl methyl sites for hydroxylation is 2. The topological polar surface area (TPSA) is 200 Å². The number of amides is 1. The molecule has 0 aromatic carbocycles. The maximum Gasteiger partial charge on any atom is 1.00 e. The van der Waals surface area contributed by atoms with Gasteiger partial charge in [-0.25, -0.2) is 24.4 Å². The molecule has 0 aliphatic rings. The molecule has 0 radical (unpaired) electrons. The van der Waals surface area contributed by atoms with E-state index in [4.69, 9.17) is 14.9 Å². The number of carboxylic acids is 1. The number of hydrogen-bond donors (Lipinski definition) is 4. The third kappa shape index (κ3) is 12.0. The van der Waals surface area contributed by atoms with Gasteiger partial charge in [0.25, 0.3) is 0 Å². The van der Waals surface area contributed by atoms with Crippen LogP contribution in [-0.4, -0.2) is 72.5 Å². The minimum atomic E-state index is -1.16. The number of methoxy groups -OCH3 is 1. The van der Waals surface area contributed by atoms with Crippen molar-refractivity contribution in [3.63, 3.8) is 0 Å². The molecule has 0 aliphatic heterocycles. The van der Waals surface area contributed by atoms with Gasteiger partial charge in [-0.05, 0) is 27.6 Å². The van der Waals surface area contributed by atoms with Crippen molar-refractivity contribution in [1.82, 2.24) is 19.1 Å². The molecule has 2 aromatic heterocycles. The maximum absolute atomic E-state index is 11.4. The molecule has 0 aliphatic carbocycles. The largest absolute Gasteiger partial charge is 1.00 e. The van der Waals surface area contributed by atoms with Crippen LogP contribution in [0, 0.1) is 0 Å². The van der Waals surface area contributed by atoms with Crippen LogP contribution >= 0.6 is 0 Å². The first-order valence-electron chi connectivity index (χ1n) is 9.06. The molecule has 5 N–H and O–H groups in total. The van der Waals surface area contributed by atoms with E-state index in [1.54, 1.807) is 40.8 Å². The molecule has 0 saturated carbocycles. The van der Waals surface area contributed by atoms with Gasteiger partial charge in [0.1, 0.15) is 11.4 Å². The fourth-order valence-electron chi connectivity index (χ4n) is 2.16. The molecule has 14 nitrogen and oxygen atoms in total. The molecule has 0 fully saturated rings. The summed E-state index contributed by atoms with van der Waals surface area (Å²) in [5.41, 5.74) is -0.617. The second kappa shape index (κ2) is 15.3. The zero-order valence-corrected chi connectivity index (χ0v) is 21.9. The summed E-state index contributed by atoms with van der Waals surface area (Å²) in [6, 6.07) is 0. The third-order valence-corrected chi connectivity index (χ3v) is 3.30. The quantitative estimate of drug-likeness (QED) is 0.283. The number of esters is 1. The zero-order chi connectivity index (χ0) is 23.9. The Balaban J connectivity index is -0.000000527. The molecular weight excluding hydrogens is 462 g/mol. The van der Waals surface area contributed by atoms with Crippen LogP contribution < -0.4 is 40.1 Å². The van der Waals surface area contributed by atoms with Crippen LogP contribution in [0.2, 0.25) is 6.82 Å². The van der Waals surface area contributed by atoms with Crippen molar-refractivity contribution < 1.29 is 69.0 Å². The van der Waals surface area contributed by atoms with E-state index in [2.05, 4.69) is 25.2 Å². The van der Waals surface area contributed by atoms with Gasteiger partial charge in [-0.1, -0.05) is 7.43 Å². The van der Waals surface area contributed by atoms with Crippen LogP contribution in [0.4, 0.5) is 16.4 Å². The van der Waals surface area contributed by atoms with Crippen molar-refractivity contribution in [2.45, 2.75) is 40.6 Å². The Hall–Kier alpha value is -2.59. The van der Waals surface area contributed by atoms with Gasteiger partial charge in [-0.3, -0.25) is 5.32 Å². The average Bonchev–Trinajstić information content (AvgIpc) is 3.14. The third-order valence-electron chi connectivity index (χ3n) is 3.30. The summed E-state index contributed by atoms with van der Waals surface area (Å²) in [5.74, 6) is -1.07. The van der Waals surface area contributed by atoms with Crippen LogP contribution in [0.3, 0.4) is 0 Å². The van der Waals surface area contributed by atoms with Crippen LogP contribution in [0.25, 0.3) is 0 Å². The molecule has 16 heteroatoms. The van der Waals surface area contributed by atoms with Crippen LogP contribution in [0.1, 0.15) is 49.4 Å². The second-order valence-electron chi connectivity index (χ2n) is 7.37. The summed E-state index contributed by atoms with van der Waals surface area (Å²) in [6.07, 6.45) is 2.32. The van der Waals surface area contributed by atoms with Gasteiger partial charge in [0.05, 0.1) is 7.11 Å².